The molecule has 2 aromatic rings. The van der Waals surface area contributed by atoms with Crippen LogP contribution in [0, 0.1) is 5.92 Å². The number of ether oxygens (including phenoxy) is 1. The molecule has 4 heterocycles. The van der Waals surface area contributed by atoms with E-state index in [1.54, 1.807) is 6.92 Å². The molecule has 266 valence electrons. The van der Waals surface area contributed by atoms with Crippen LogP contribution in [0.15, 0.2) is 34.8 Å². The average Bonchev–Trinajstić information content (AvgIpc) is 3.67. The van der Waals surface area contributed by atoms with Gasteiger partial charge in [-0.25, -0.2) is 13.4 Å². The van der Waals surface area contributed by atoms with Crippen LogP contribution in [0.1, 0.15) is 96.9 Å². The van der Waals surface area contributed by atoms with Crippen LogP contribution in [0.3, 0.4) is 0 Å². The molecule has 0 bridgehead atoms. The van der Waals surface area contributed by atoms with E-state index in [0.717, 1.165) is 31.4 Å². The first-order valence-electron chi connectivity index (χ1n) is 17.0. The second-order valence-electron chi connectivity index (χ2n) is 14.9. The zero-order valence-corrected chi connectivity index (χ0v) is 30.1. The number of hydrogen-bond acceptors (Lipinski definition) is 11. The molecule has 15 heteroatoms. The summed E-state index contributed by atoms with van der Waals surface area (Å²) in [7, 11) is -3.94. The highest BCUT2D eigenvalue weighted by Crippen LogP contribution is 2.47. The van der Waals surface area contributed by atoms with Gasteiger partial charge >= 0.3 is 6.08 Å². The maximum atomic E-state index is 14.5. The molecule has 13 nitrogen and oxygen atoms in total. The Bertz CT molecular complexity index is 1740. The van der Waals surface area contributed by atoms with E-state index in [4.69, 9.17) is 14.1 Å². The maximum Gasteiger partial charge on any atom is 0.394 e. The number of nitrogens with one attached hydrogen (secondary N) is 3. The van der Waals surface area contributed by atoms with Gasteiger partial charge in [-0.2, -0.15) is 4.98 Å². The number of nitrogens with zero attached hydrogens (tertiary/aromatic N) is 3. The van der Waals surface area contributed by atoms with Gasteiger partial charge in [-0.15, -0.1) is 11.3 Å². The number of amides is 3. The molecule has 0 aromatic carbocycles. The molecule has 2 aliphatic heterocycles. The van der Waals surface area contributed by atoms with E-state index >= 15 is 0 Å². The molecule has 2 saturated carbocycles. The van der Waals surface area contributed by atoms with Gasteiger partial charge < -0.3 is 24.7 Å². The standard InChI is InChI=1S/C34H46N6O7S2/c1-6-22-19-46-31(35-22)47-23-16-25-27(41)38-34(29(43)39-49(44,45)33(5)14-15-33)17-21(34)12-10-8-7-9-11-13-24(28(42)40(25)18-23)36-30-37-26(20-48-30)32(2,3)4/h6,10,12,19-21,23-25H,1,7-9,11,13-18H2,2-5H3,(H,36,37)(H,38,41)(H,39,43)/b12-10-/t21-,23-,24+,25+,34-/m1/s1. The van der Waals surface area contributed by atoms with Crippen molar-refractivity contribution in [2.45, 2.75) is 119 Å². The average molecular weight is 715 g/mol. The van der Waals surface area contributed by atoms with E-state index < -0.39 is 50.3 Å². The molecular weight excluding hydrogens is 669 g/mol. The molecule has 2 aromatic heterocycles. The van der Waals surface area contributed by atoms with Gasteiger partial charge in [0.2, 0.25) is 21.8 Å². The first kappa shape index (κ1) is 35.1. The first-order valence-corrected chi connectivity index (χ1v) is 19.3. The van der Waals surface area contributed by atoms with Crippen molar-refractivity contribution in [1.82, 2.24) is 24.9 Å². The summed E-state index contributed by atoms with van der Waals surface area (Å²) in [6, 6.07) is -1.67. The number of thiazole rings is 1. The monoisotopic (exact) mass is 714 g/mol. The van der Waals surface area contributed by atoms with Crippen molar-refractivity contribution >= 4 is 50.3 Å². The van der Waals surface area contributed by atoms with Crippen LogP contribution < -0.4 is 20.1 Å². The number of carbonyl (C=O) groups is 3. The molecule has 2 aliphatic carbocycles. The number of rotatable bonds is 8. The third-order valence-electron chi connectivity index (χ3n) is 10.0. The number of carbonyl (C=O) groups excluding carboxylic acids is 3. The third kappa shape index (κ3) is 7.42. The van der Waals surface area contributed by atoms with Gasteiger partial charge in [0.1, 0.15) is 35.7 Å². The number of aromatic nitrogens is 2. The summed E-state index contributed by atoms with van der Waals surface area (Å²) in [6.45, 7) is 11.6. The van der Waals surface area contributed by atoms with E-state index in [1.807, 2.05) is 17.5 Å². The Hall–Kier alpha value is -3.72. The van der Waals surface area contributed by atoms with E-state index in [2.05, 4.69) is 47.7 Å². The molecule has 0 radical (unpaired) electrons. The van der Waals surface area contributed by atoms with E-state index in [-0.39, 0.29) is 42.7 Å². The van der Waals surface area contributed by atoms with Crippen molar-refractivity contribution in [3.8, 4) is 6.08 Å². The molecule has 4 aliphatic rings. The maximum absolute atomic E-state index is 14.5. The van der Waals surface area contributed by atoms with Crippen LogP contribution in [-0.2, 0) is 29.8 Å². The minimum absolute atomic E-state index is 0.00955. The summed E-state index contributed by atoms with van der Waals surface area (Å²) in [5, 5.41) is 8.87. The lowest BCUT2D eigenvalue weighted by Gasteiger charge is -2.30. The number of allylic oxidation sites excluding steroid dienone is 1. The van der Waals surface area contributed by atoms with Crippen LogP contribution in [0.5, 0.6) is 6.08 Å². The van der Waals surface area contributed by atoms with Crippen molar-refractivity contribution < 1.29 is 32.0 Å². The Kier molecular flexibility index (Phi) is 9.46. The molecule has 0 spiro atoms. The van der Waals surface area contributed by atoms with Gasteiger partial charge in [0.25, 0.3) is 5.91 Å². The van der Waals surface area contributed by atoms with Gasteiger partial charge in [-0.05, 0) is 51.5 Å². The Morgan fingerprint density at radius 1 is 1.22 bits per heavy atom. The van der Waals surface area contributed by atoms with E-state index in [0.29, 0.717) is 30.1 Å². The third-order valence-corrected chi connectivity index (χ3v) is 13.0. The molecular formula is C34H46N6O7S2. The van der Waals surface area contributed by atoms with Crippen molar-refractivity contribution in [3.63, 3.8) is 0 Å². The molecule has 3 N–H and O–H groups in total. The normalized spacial score (nSPS) is 29.3. The fraction of sp³-hybridized carbons (Fsp3) is 0.618. The molecule has 3 fully saturated rings. The van der Waals surface area contributed by atoms with Crippen LogP contribution in [-0.4, -0.2) is 76.0 Å². The Morgan fingerprint density at radius 2 is 2.00 bits per heavy atom. The van der Waals surface area contributed by atoms with E-state index in [1.165, 1.54) is 28.6 Å². The number of fused-ring (bicyclic) bond motifs is 2. The molecule has 3 amide bonds. The largest absolute Gasteiger partial charge is 0.445 e. The van der Waals surface area contributed by atoms with Crippen LogP contribution in [0.2, 0.25) is 0 Å². The van der Waals surface area contributed by atoms with Crippen molar-refractivity contribution in [2.24, 2.45) is 5.92 Å². The second kappa shape index (κ2) is 13.2. The SMILES string of the molecule is C=Cc1coc(O[C@@H]2C[C@H]3C(=O)N[C@]4(C(=O)NS(=O)(=O)C5(C)CC5)C[C@H]4/C=C\CCCCC[C@H](Nc4nc(C(C)(C)C)cs4)C(=O)N3C2)n1. The minimum atomic E-state index is -3.94. The molecule has 5 atom stereocenters. The summed E-state index contributed by atoms with van der Waals surface area (Å²) in [5.41, 5.74) is -0.228. The van der Waals surface area contributed by atoms with Gasteiger partial charge in [0.15, 0.2) is 5.13 Å². The Morgan fingerprint density at radius 3 is 2.67 bits per heavy atom. The summed E-state index contributed by atoms with van der Waals surface area (Å²) >= 11 is 1.43. The van der Waals surface area contributed by atoms with Crippen LogP contribution in [0.25, 0.3) is 6.08 Å². The van der Waals surface area contributed by atoms with Gasteiger partial charge in [-0.3, -0.25) is 19.1 Å². The smallest absolute Gasteiger partial charge is 0.394 e. The molecule has 1 saturated heterocycles. The summed E-state index contributed by atoms with van der Waals surface area (Å²) < 4.78 is 38.8. The zero-order chi connectivity index (χ0) is 35.2. The molecule has 49 heavy (non-hydrogen) atoms. The highest BCUT2D eigenvalue weighted by atomic mass is 32.2. The minimum Gasteiger partial charge on any atom is -0.445 e. The Labute approximate surface area is 291 Å². The Balaban J connectivity index is 1.29. The highest BCUT2D eigenvalue weighted by molar-refractivity contribution is 7.91. The molecule has 6 rings (SSSR count). The molecule has 0 unspecified atom stereocenters. The van der Waals surface area contributed by atoms with Gasteiger partial charge in [0.05, 0.1) is 17.0 Å². The predicted octanol–water partition coefficient (Wildman–Crippen LogP) is 4.29. The first-order chi connectivity index (χ1) is 23.1. The summed E-state index contributed by atoms with van der Waals surface area (Å²) in [4.78, 5) is 52.9. The van der Waals surface area contributed by atoms with Crippen molar-refractivity contribution in [2.75, 3.05) is 11.9 Å². The van der Waals surface area contributed by atoms with E-state index in [9.17, 15) is 22.8 Å². The van der Waals surface area contributed by atoms with Crippen LogP contribution >= 0.6 is 11.3 Å². The number of sulfonamides is 1. The lowest BCUT2D eigenvalue weighted by molar-refractivity contribution is -0.140. The van der Waals surface area contributed by atoms with Crippen molar-refractivity contribution in [1.29, 1.82) is 0 Å². The van der Waals surface area contributed by atoms with Crippen LogP contribution in [0.4, 0.5) is 5.13 Å². The number of hydrogen-bond donors (Lipinski definition) is 3. The number of anilines is 1. The fourth-order valence-corrected chi connectivity index (χ4v) is 8.64. The van der Waals surface area contributed by atoms with Gasteiger partial charge in [0, 0.05) is 23.1 Å². The van der Waals surface area contributed by atoms with Gasteiger partial charge in [-0.1, -0.05) is 52.3 Å². The lowest BCUT2D eigenvalue weighted by Crippen LogP contribution is -2.58. The fourth-order valence-electron chi connectivity index (χ4n) is 6.34. The zero-order valence-electron chi connectivity index (χ0n) is 28.5. The second-order valence-corrected chi connectivity index (χ2v) is 18.0. The quantitative estimate of drug-likeness (QED) is 0.335. The van der Waals surface area contributed by atoms with Crippen molar-refractivity contribution in [3.05, 3.63) is 41.8 Å². The summed E-state index contributed by atoms with van der Waals surface area (Å²) in [6.07, 6.45) is 11.2. The lowest BCUT2D eigenvalue weighted by atomic mass is 9.93. The topological polar surface area (TPSA) is 173 Å². The predicted molar refractivity (Wildman–Crippen MR) is 185 cm³/mol. The number of oxazole rings is 1. The summed E-state index contributed by atoms with van der Waals surface area (Å²) in [5.74, 6) is -1.99. The highest BCUT2D eigenvalue weighted by Gasteiger charge is 2.63.